The third-order valence-corrected chi connectivity index (χ3v) is 3.50. The number of carbonyl (C=O) groups excluding carboxylic acids is 2. The normalized spacial score (nSPS) is 12.9. The van der Waals surface area contributed by atoms with Gasteiger partial charge in [0, 0.05) is 12.2 Å². The molecule has 0 aliphatic rings. The lowest BCUT2D eigenvalue weighted by atomic mass is 9.89. The van der Waals surface area contributed by atoms with Crippen LogP contribution in [0.25, 0.3) is 0 Å². The smallest absolute Gasteiger partial charge is 0.313 e. The third kappa shape index (κ3) is 5.48. The molecule has 0 bridgehead atoms. The van der Waals surface area contributed by atoms with Crippen molar-refractivity contribution in [2.75, 3.05) is 11.9 Å². The number of benzene rings is 1. The van der Waals surface area contributed by atoms with Crippen molar-refractivity contribution in [1.29, 1.82) is 0 Å². The van der Waals surface area contributed by atoms with Crippen molar-refractivity contribution in [2.24, 2.45) is 5.41 Å². The largest absolute Gasteiger partial charge is 0.391 e. The predicted molar refractivity (Wildman–Crippen MR) is 87.6 cm³/mol. The summed E-state index contributed by atoms with van der Waals surface area (Å²) in [6.45, 7) is 9.80. The number of aliphatic hydroxyl groups is 1. The van der Waals surface area contributed by atoms with Gasteiger partial charge in [0.25, 0.3) is 0 Å². The highest BCUT2D eigenvalue weighted by Crippen LogP contribution is 2.18. The molecule has 5 heteroatoms. The molecule has 0 heterocycles. The Morgan fingerprint density at radius 2 is 1.64 bits per heavy atom. The summed E-state index contributed by atoms with van der Waals surface area (Å²) < 4.78 is 0. The molecule has 0 fully saturated rings. The van der Waals surface area contributed by atoms with E-state index in [9.17, 15) is 14.7 Å². The van der Waals surface area contributed by atoms with Gasteiger partial charge in [0.15, 0.2) is 0 Å². The second kappa shape index (κ2) is 7.40. The monoisotopic (exact) mass is 306 g/mol. The Balaban J connectivity index is 2.52. The summed E-state index contributed by atoms with van der Waals surface area (Å²) in [5.41, 5.74) is 1.38. The maximum atomic E-state index is 11.8. The first-order valence-electron chi connectivity index (χ1n) is 7.48. The molecule has 1 atom stereocenters. The molecule has 1 aromatic carbocycles. The molecule has 0 aliphatic heterocycles. The zero-order valence-corrected chi connectivity index (χ0v) is 13.9. The summed E-state index contributed by atoms with van der Waals surface area (Å²) in [7, 11) is 0. The van der Waals surface area contributed by atoms with Crippen LogP contribution in [0.3, 0.4) is 0 Å². The van der Waals surface area contributed by atoms with E-state index >= 15 is 0 Å². The van der Waals surface area contributed by atoms with E-state index in [4.69, 9.17) is 0 Å². The van der Waals surface area contributed by atoms with Crippen LogP contribution < -0.4 is 10.6 Å². The van der Waals surface area contributed by atoms with Crippen LogP contribution in [0.5, 0.6) is 0 Å². The van der Waals surface area contributed by atoms with Gasteiger partial charge >= 0.3 is 11.8 Å². The fourth-order valence-electron chi connectivity index (χ4n) is 1.72. The summed E-state index contributed by atoms with van der Waals surface area (Å²) in [4.78, 5) is 23.5. The van der Waals surface area contributed by atoms with Crippen molar-refractivity contribution in [3.63, 3.8) is 0 Å². The molecule has 0 saturated heterocycles. The molecule has 0 aliphatic carbocycles. The first kappa shape index (κ1) is 18.2. The van der Waals surface area contributed by atoms with Gasteiger partial charge in [0.2, 0.25) is 0 Å². The molecule has 3 N–H and O–H groups in total. The van der Waals surface area contributed by atoms with Gasteiger partial charge in [-0.2, -0.15) is 0 Å². The Morgan fingerprint density at radius 3 is 2.09 bits per heavy atom. The Kier molecular flexibility index (Phi) is 6.11. The molecule has 0 aromatic heterocycles. The van der Waals surface area contributed by atoms with Gasteiger partial charge in [0.05, 0.1) is 6.10 Å². The Labute approximate surface area is 132 Å². The Bertz CT molecular complexity index is 516. The first-order valence-corrected chi connectivity index (χ1v) is 7.48. The van der Waals surface area contributed by atoms with Crippen LogP contribution in [0.1, 0.15) is 46.1 Å². The van der Waals surface area contributed by atoms with Crippen LogP contribution in [0.4, 0.5) is 5.69 Å². The summed E-state index contributed by atoms with van der Waals surface area (Å²) >= 11 is 0. The van der Waals surface area contributed by atoms with E-state index in [2.05, 4.69) is 24.5 Å². The lowest BCUT2D eigenvalue weighted by Gasteiger charge is -2.25. The highest BCUT2D eigenvalue weighted by molar-refractivity contribution is 6.39. The number of amides is 2. The van der Waals surface area contributed by atoms with E-state index in [0.717, 1.165) is 5.56 Å². The van der Waals surface area contributed by atoms with Gasteiger partial charge in [-0.15, -0.1) is 0 Å². The number of hydrogen-bond donors (Lipinski definition) is 3. The predicted octanol–water partition coefficient (Wildman–Crippen LogP) is 2.27. The average Bonchev–Trinajstić information content (AvgIpc) is 2.43. The van der Waals surface area contributed by atoms with Gasteiger partial charge < -0.3 is 15.7 Å². The summed E-state index contributed by atoms with van der Waals surface area (Å²) in [5, 5.41) is 14.8. The zero-order chi connectivity index (χ0) is 16.9. The van der Waals surface area contributed by atoms with Crippen molar-refractivity contribution in [3.8, 4) is 0 Å². The van der Waals surface area contributed by atoms with Crippen molar-refractivity contribution in [3.05, 3.63) is 29.8 Å². The van der Waals surface area contributed by atoms with E-state index in [0.29, 0.717) is 11.6 Å². The van der Waals surface area contributed by atoms with Crippen molar-refractivity contribution in [1.82, 2.24) is 5.32 Å². The molecule has 5 nitrogen and oxygen atoms in total. The number of aliphatic hydroxyl groups excluding tert-OH is 1. The summed E-state index contributed by atoms with van der Waals surface area (Å²) in [5.74, 6) is -1.08. The van der Waals surface area contributed by atoms with E-state index < -0.39 is 17.9 Å². The van der Waals surface area contributed by atoms with Crippen LogP contribution in [0.2, 0.25) is 0 Å². The third-order valence-electron chi connectivity index (χ3n) is 3.50. The first-order chi connectivity index (χ1) is 10.1. The molecule has 122 valence electrons. The van der Waals surface area contributed by atoms with Gasteiger partial charge in [-0.05, 0) is 29.0 Å². The molecule has 22 heavy (non-hydrogen) atoms. The lowest BCUT2D eigenvalue weighted by molar-refractivity contribution is -0.136. The summed E-state index contributed by atoms with van der Waals surface area (Å²) in [6.07, 6.45) is -0.713. The topological polar surface area (TPSA) is 78.4 Å². The van der Waals surface area contributed by atoms with Crippen LogP contribution in [-0.2, 0) is 9.59 Å². The molecule has 0 unspecified atom stereocenters. The van der Waals surface area contributed by atoms with Crippen LogP contribution in [0, 0.1) is 5.41 Å². The lowest BCUT2D eigenvalue weighted by Crippen LogP contribution is -2.43. The van der Waals surface area contributed by atoms with E-state index in [1.807, 2.05) is 32.9 Å². The second-order valence-electron chi connectivity index (χ2n) is 6.82. The number of rotatable bonds is 4. The van der Waals surface area contributed by atoms with Gasteiger partial charge in [-0.3, -0.25) is 9.59 Å². The standard InChI is InChI=1S/C17H26N2O3/c1-11(2)12-6-8-13(9-7-12)19-16(22)15(21)18-10-14(20)17(3,4)5/h6-9,11,14,20H,10H2,1-5H3,(H,18,21)(H,19,22)/t14-/m0/s1. The fourth-order valence-corrected chi connectivity index (χ4v) is 1.72. The molecular weight excluding hydrogens is 280 g/mol. The minimum atomic E-state index is -0.753. The number of nitrogens with one attached hydrogen (secondary N) is 2. The average molecular weight is 306 g/mol. The van der Waals surface area contributed by atoms with Gasteiger partial charge in [-0.25, -0.2) is 0 Å². The SMILES string of the molecule is CC(C)c1ccc(NC(=O)C(=O)NC[C@H](O)C(C)(C)C)cc1. The minimum Gasteiger partial charge on any atom is -0.391 e. The molecule has 1 rings (SSSR count). The number of hydrogen-bond acceptors (Lipinski definition) is 3. The molecular formula is C17H26N2O3. The molecule has 0 saturated carbocycles. The second-order valence-corrected chi connectivity index (χ2v) is 6.82. The van der Waals surface area contributed by atoms with E-state index in [1.165, 1.54) is 0 Å². The highest BCUT2D eigenvalue weighted by atomic mass is 16.3. The zero-order valence-electron chi connectivity index (χ0n) is 13.9. The molecule has 0 spiro atoms. The highest BCUT2D eigenvalue weighted by Gasteiger charge is 2.23. The minimum absolute atomic E-state index is 0.0437. The molecule has 2 amide bonds. The van der Waals surface area contributed by atoms with Crippen LogP contribution >= 0.6 is 0 Å². The van der Waals surface area contributed by atoms with Crippen molar-refractivity contribution >= 4 is 17.5 Å². The van der Waals surface area contributed by atoms with Gasteiger partial charge in [0.1, 0.15) is 0 Å². The van der Waals surface area contributed by atoms with Crippen LogP contribution in [0.15, 0.2) is 24.3 Å². The van der Waals surface area contributed by atoms with Crippen LogP contribution in [-0.4, -0.2) is 29.6 Å². The maximum Gasteiger partial charge on any atom is 0.313 e. The van der Waals surface area contributed by atoms with Crippen molar-refractivity contribution in [2.45, 2.75) is 46.6 Å². The summed E-state index contributed by atoms with van der Waals surface area (Å²) in [6, 6.07) is 7.37. The van der Waals surface area contributed by atoms with E-state index in [-0.39, 0.29) is 12.0 Å². The van der Waals surface area contributed by atoms with Gasteiger partial charge in [-0.1, -0.05) is 46.8 Å². The quantitative estimate of drug-likeness (QED) is 0.747. The number of carbonyl (C=O) groups is 2. The fraction of sp³-hybridized carbons (Fsp3) is 0.529. The van der Waals surface area contributed by atoms with E-state index in [1.54, 1.807) is 12.1 Å². The van der Waals surface area contributed by atoms with Crippen molar-refractivity contribution < 1.29 is 14.7 Å². The Hall–Kier alpha value is -1.88. The molecule has 1 aromatic rings. The molecule has 0 radical (unpaired) electrons. The Morgan fingerprint density at radius 1 is 1.09 bits per heavy atom. The number of anilines is 1. The maximum absolute atomic E-state index is 11.8.